The molecule has 2 rings (SSSR count). The lowest BCUT2D eigenvalue weighted by Crippen LogP contribution is -2.16. The van der Waals surface area contributed by atoms with Crippen molar-refractivity contribution in [2.24, 2.45) is 0 Å². The van der Waals surface area contributed by atoms with Crippen molar-refractivity contribution in [2.75, 3.05) is 12.9 Å². The molecule has 0 atom stereocenters. The van der Waals surface area contributed by atoms with Crippen LogP contribution in [0.25, 0.3) is 0 Å². The average Bonchev–Trinajstić information content (AvgIpc) is 2.52. The zero-order chi connectivity index (χ0) is 17.0. The largest absolute Gasteiger partial charge is 0.454 e. The fourth-order valence-corrected chi connectivity index (χ4v) is 3.32. The van der Waals surface area contributed by atoms with Crippen molar-refractivity contribution in [3.8, 4) is 0 Å². The quantitative estimate of drug-likeness (QED) is 0.573. The minimum Gasteiger partial charge on any atom is -0.454 e. The fraction of sp³-hybridized carbons (Fsp3) is 0.125. The Morgan fingerprint density at radius 1 is 1.00 bits per heavy atom. The molecule has 7 heteroatoms. The van der Waals surface area contributed by atoms with Gasteiger partial charge >= 0.3 is 5.97 Å². The van der Waals surface area contributed by atoms with Crippen molar-refractivity contribution in [1.82, 2.24) is 0 Å². The van der Waals surface area contributed by atoms with E-state index in [9.17, 15) is 18.0 Å². The van der Waals surface area contributed by atoms with Crippen molar-refractivity contribution in [2.45, 2.75) is 4.90 Å². The van der Waals surface area contributed by atoms with E-state index in [1.54, 1.807) is 24.3 Å². The summed E-state index contributed by atoms with van der Waals surface area (Å²) in [6.45, 7) is -0.473. The number of carbonyl (C=O) groups is 2. The third kappa shape index (κ3) is 4.27. The first-order valence-electron chi connectivity index (χ1n) is 6.54. The molecule has 0 aliphatic rings. The zero-order valence-electron chi connectivity index (χ0n) is 12.2. The lowest BCUT2D eigenvalue weighted by atomic mass is 10.1. The zero-order valence-corrected chi connectivity index (χ0v) is 14.6. The Labute approximate surface area is 142 Å². The number of Topliss-reactive ketones (excluding diaryl/α,β-unsaturated/α-hetero) is 1. The third-order valence-corrected chi connectivity index (χ3v) is 4.86. The third-order valence-electron chi connectivity index (χ3n) is 3.02. The molecule has 0 amide bonds. The van der Waals surface area contributed by atoms with Gasteiger partial charge in [0.1, 0.15) is 0 Å². The number of hydrogen-bond acceptors (Lipinski definition) is 5. The molecule has 120 valence electrons. The molecule has 0 radical (unpaired) electrons. The lowest BCUT2D eigenvalue weighted by molar-refractivity contribution is 0.0471. The Morgan fingerprint density at radius 3 is 2.17 bits per heavy atom. The van der Waals surface area contributed by atoms with E-state index in [-0.39, 0.29) is 16.2 Å². The lowest BCUT2D eigenvalue weighted by Gasteiger charge is -2.08. The van der Waals surface area contributed by atoms with Crippen molar-refractivity contribution < 1.29 is 22.7 Å². The van der Waals surface area contributed by atoms with Gasteiger partial charge in [-0.25, -0.2) is 13.2 Å². The molecule has 5 nitrogen and oxygen atoms in total. The number of benzene rings is 2. The molecule has 2 aromatic carbocycles. The standard InChI is InChI=1S/C16H13BrO5S/c1-23(20,21)15-9-5-3-7-12(15)16(19)22-10-14(18)11-6-2-4-8-13(11)17/h2-9H,10H2,1H3. The number of ether oxygens (including phenoxy) is 1. The molecule has 2 aromatic rings. The minimum atomic E-state index is -3.57. The molecule has 0 spiro atoms. The average molecular weight is 397 g/mol. The Bertz CT molecular complexity index is 858. The van der Waals surface area contributed by atoms with Crippen LogP contribution in [0.2, 0.25) is 0 Å². The van der Waals surface area contributed by atoms with Crippen LogP contribution in [0, 0.1) is 0 Å². The summed E-state index contributed by atoms with van der Waals surface area (Å²) in [5, 5.41) is 0. The van der Waals surface area contributed by atoms with Crippen LogP contribution in [0.3, 0.4) is 0 Å². The van der Waals surface area contributed by atoms with Gasteiger partial charge in [-0.05, 0) is 18.2 Å². The van der Waals surface area contributed by atoms with E-state index in [0.717, 1.165) is 6.26 Å². The van der Waals surface area contributed by atoms with Crippen molar-refractivity contribution in [3.05, 3.63) is 64.1 Å². The Morgan fingerprint density at radius 2 is 1.57 bits per heavy atom. The highest BCUT2D eigenvalue weighted by Gasteiger charge is 2.20. The van der Waals surface area contributed by atoms with Crippen LogP contribution < -0.4 is 0 Å². The van der Waals surface area contributed by atoms with Crippen LogP contribution in [-0.4, -0.2) is 33.0 Å². The van der Waals surface area contributed by atoms with Gasteiger partial charge in [-0.15, -0.1) is 0 Å². The van der Waals surface area contributed by atoms with E-state index in [1.165, 1.54) is 24.3 Å². The molecular formula is C16H13BrO5S. The van der Waals surface area contributed by atoms with Gasteiger partial charge in [-0.3, -0.25) is 4.79 Å². The minimum absolute atomic E-state index is 0.0880. The Kier molecular flexibility index (Phi) is 5.33. The van der Waals surface area contributed by atoms with Gasteiger partial charge in [0.2, 0.25) is 5.78 Å². The molecule has 0 heterocycles. The number of carbonyl (C=O) groups excluding carboxylic acids is 2. The van der Waals surface area contributed by atoms with E-state index >= 15 is 0 Å². The SMILES string of the molecule is CS(=O)(=O)c1ccccc1C(=O)OCC(=O)c1ccccc1Br. The summed E-state index contributed by atoms with van der Waals surface area (Å²) in [5.41, 5.74) is 0.298. The molecular weight excluding hydrogens is 384 g/mol. The van der Waals surface area contributed by atoms with Crippen molar-refractivity contribution in [1.29, 1.82) is 0 Å². The molecule has 0 aromatic heterocycles. The second kappa shape index (κ2) is 7.06. The maximum atomic E-state index is 12.1. The van der Waals surface area contributed by atoms with Gasteiger partial charge in [0.15, 0.2) is 16.4 Å². The molecule has 0 aliphatic heterocycles. The summed E-state index contributed by atoms with van der Waals surface area (Å²) < 4.78 is 28.9. The molecule has 0 saturated carbocycles. The predicted molar refractivity (Wildman–Crippen MR) is 88.3 cm³/mol. The maximum Gasteiger partial charge on any atom is 0.339 e. The van der Waals surface area contributed by atoms with Gasteiger partial charge in [-0.1, -0.05) is 46.3 Å². The topological polar surface area (TPSA) is 77.5 Å². The van der Waals surface area contributed by atoms with Gasteiger partial charge in [0.05, 0.1) is 10.5 Å². The summed E-state index contributed by atoms with van der Waals surface area (Å²) >= 11 is 3.25. The molecule has 0 fully saturated rings. The number of sulfone groups is 1. The van der Waals surface area contributed by atoms with Crippen LogP contribution in [0.4, 0.5) is 0 Å². The number of rotatable bonds is 5. The van der Waals surface area contributed by atoms with E-state index in [2.05, 4.69) is 15.9 Å². The fourth-order valence-electron chi connectivity index (χ4n) is 1.93. The van der Waals surface area contributed by atoms with Crippen LogP contribution in [-0.2, 0) is 14.6 Å². The highest BCUT2D eigenvalue weighted by Crippen LogP contribution is 2.18. The molecule has 0 aliphatic carbocycles. The molecule has 0 bridgehead atoms. The summed E-state index contributed by atoms with van der Waals surface area (Å²) in [6, 6.07) is 12.5. The van der Waals surface area contributed by atoms with E-state index < -0.39 is 22.4 Å². The van der Waals surface area contributed by atoms with Crippen LogP contribution in [0.15, 0.2) is 57.9 Å². The van der Waals surface area contributed by atoms with E-state index in [0.29, 0.717) is 10.0 Å². The van der Waals surface area contributed by atoms with Crippen LogP contribution in [0.5, 0.6) is 0 Å². The Balaban J connectivity index is 2.15. The number of hydrogen-bond donors (Lipinski definition) is 0. The van der Waals surface area contributed by atoms with E-state index in [1.807, 2.05) is 0 Å². The Hall–Kier alpha value is -1.99. The van der Waals surface area contributed by atoms with Crippen molar-refractivity contribution in [3.63, 3.8) is 0 Å². The molecule has 0 saturated heterocycles. The van der Waals surface area contributed by atoms with E-state index in [4.69, 9.17) is 4.74 Å². The van der Waals surface area contributed by atoms with Gasteiger partial charge in [0, 0.05) is 16.3 Å². The summed E-state index contributed by atoms with van der Waals surface area (Å²) in [4.78, 5) is 24.0. The summed E-state index contributed by atoms with van der Waals surface area (Å²) in [7, 11) is -3.57. The maximum absolute atomic E-state index is 12.1. The van der Waals surface area contributed by atoms with Crippen molar-refractivity contribution >= 4 is 37.5 Å². The van der Waals surface area contributed by atoms with Gasteiger partial charge < -0.3 is 4.74 Å². The highest BCUT2D eigenvalue weighted by atomic mass is 79.9. The molecule has 23 heavy (non-hydrogen) atoms. The molecule has 0 N–H and O–H groups in total. The predicted octanol–water partition coefficient (Wildman–Crippen LogP) is 2.89. The number of ketones is 1. The van der Waals surface area contributed by atoms with Crippen LogP contribution in [0.1, 0.15) is 20.7 Å². The molecule has 0 unspecified atom stereocenters. The first-order valence-corrected chi connectivity index (χ1v) is 9.23. The summed E-state index contributed by atoms with van der Waals surface area (Å²) in [6.07, 6.45) is 1.01. The number of halogens is 1. The summed E-state index contributed by atoms with van der Waals surface area (Å²) in [5.74, 6) is -1.24. The van der Waals surface area contributed by atoms with Gasteiger partial charge in [-0.2, -0.15) is 0 Å². The highest BCUT2D eigenvalue weighted by molar-refractivity contribution is 9.10. The first kappa shape index (κ1) is 17.4. The number of esters is 1. The second-order valence-corrected chi connectivity index (χ2v) is 7.59. The first-order chi connectivity index (χ1) is 10.8. The monoisotopic (exact) mass is 396 g/mol. The second-order valence-electron chi connectivity index (χ2n) is 4.75. The normalized spacial score (nSPS) is 11.0. The van der Waals surface area contributed by atoms with Crippen LogP contribution >= 0.6 is 15.9 Å². The smallest absolute Gasteiger partial charge is 0.339 e. The van der Waals surface area contributed by atoms with Gasteiger partial charge in [0.25, 0.3) is 0 Å².